The van der Waals surface area contributed by atoms with E-state index in [2.05, 4.69) is 13.0 Å². The van der Waals surface area contributed by atoms with Crippen LogP contribution in [-0.4, -0.2) is 13.2 Å². The van der Waals surface area contributed by atoms with Gasteiger partial charge in [0.2, 0.25) is 0 Å². The molecule has 2 N–H and O–H groups in total. The zero-order chi connectivity index (χ0) is 10.6. The lowest BCUT2D eigenvalue weighted by Gasteiger charge is -2.12. The van der Waals surface area contributed by atoms with E-state index < -0.39 is 0 Å². The van der Waals surface area contributed by atoms with E-state index in [0.717, 1.165) is 18.6 Å². The Hall–Kier alpha value is -1.02. The van der Waals surface area contributed by atoms with E-state index in [0.29, 0.717) is 0 Å². The molecule has 0 saturated heterocycles. The van der Waals surface area contributed by atoms with E-state index in [9.17, 15) is 0 Å². The number of ether oxygens (including phenoxy) is 1. The molecule has 1 aromatic rings. The monoisotopic (exact) mass is 193 g/mol. The average molecular weight is 193 g/mol. The van der Waals surface area contributed by atoms with Gasteiger partial charge in [0.1, 0.15) is 5.75 Å². The molecule has 0 amide bonds. The van der Waals surface area contributed by atoms with Crippen LogP contribution in [0.1, 0.15) is 24.5 Å². The predicted molar refractivity (Wildman–Crippen MR) is 59.7 cm³/mol. The number of aryl methyl sites for hydroxylation is 1. The highest BCUT2D eigenvalue weighted by Crippen LogP contribution is 2.23. The van der Waals surface area contributed by atoms with Crippen molar-refractivity contribution >= 4 is 0 Å². The number of benzene rings is 1. The molecule has 0 aliphatic carbocycles. The third-order valence-electron chi connectivity index (χ3n) is 2.44. The largest absolute Gasteiger partial charge is 0.496 e. The Labute approximate surface area is 86.1 Å². The van der Waals surface area contributed by atoms with Gasteiger partial charge in [-0.25, -0.2) is 0 Å². The van der Waals surface area contributed by atoms with Gasteiger partial charge in [-0.05, 0) is 43.9 Å². The second kappa shape index (κ2) is 5.01. The number of hydrogen-bond acceptors (Lipinski definition) is 2. The minimum Gasteiger partial charge on any atom is -0.496 e. The average Bonchev–Trinajstić information content (AvgIpc) is 2.15. The van der Waals surface area contributed by atoms with Crippen molar-refractivity contribution in [1.29, 1.82) is 0 Å². The highest BCUT2D eigenvalue weighted by atomic mass is 16.5. The molecule has 0 fully saturated rings. The molecule has 0 unspecified atom stereocenters. The summed E-state index contributed by atoms with van der Waals surface area (Å²) < 4.78 is 5.32. The topological polar surface area (TPSA) is 35.2 Å². The van der Waals surface area contributed by atoms with Crippen molar-refractivity contribution in [2.45, 2.75) is 32.7 Å². The van der Waals surface area contributed by atoms with Crippen LogP contribution in [0.5, 0.6) is 5.75 Å². The molecule has 1 rings (SSSR count). The van der Waals surface area contributed by atoms with E-state index in [4.69, 9.17) is 10.5 Å². The summed E-state index contributed by atoms with van der Waals surface area (Å²) in [5.74, 6) is 0.977. The van der Waals surface area contributed by atoms with Crippen molar-refractivity contribution in [2.75, 3.05) is 7.11 Å². The summed E-state index contributed by atoms with van der Waals surface area (Å²) in [5.41, 5.74) is 8.31. The fraction of sp³-hybridized carbons (Fsp3) is 0.500. The smallest absolute Gasteiger partial charge is 0.122 e. The third-order valence-corrected chi connectivity index (χ3v) is 2.44. The van der Waals surface area contributed by atoms with Crippen molar-refractivity contribution in [3.05, 3.63) is 29.3 Å². The standard InChI is InChI=1S/C12H19NO/c1-9-5-4-6-12(14-3)11(9)8-7-10(2)13/h4-6,10H,7-8,13H2,1-3H3/t10-/m0/s1. The number of nitrogens with two attached hydrogens (primary N) is 1. The van der Waals surface area contributed by atoms with Crippen molar-refractivity contribution in [2.24, 2.45) is 5.73 Å². The summed E-state index contributed by atoms with van der Waals surface area (Å²) in [6.07, 6.45) is 1.99. The number of methoxy groups -OCH3 is 1. The minimum atomic E-state index is 0.249. The maximum atomic E-state index is 5.74. The summed E-state index contributed by atoms with van der Waals surface area (Å²) in [4.78, 5) is 0. The van der Waals surface area contributed by atoms with Gasteiger partial charge in [0.05, 0.1) is 7.11 Å². The van der Waals surface area contributed by atoms with Crippen LogP contribution >= 0.6 is 0 Å². The summed E-state index contributed by atoms with van der Waals surface area (Å²) in [6.45, 7) is 4.14. The van der Waals surface area contributed by atoms with Crippen LogP contribution < -0.4 is 10.5 Å². The molecule has 0 aliphatic heterocycles. The molecule has 0 bridgehead atoms. The second-order valence-electron chi connectivity index (χ2n) is 3.77. The molecule has 0 saturated carbocycles. The zero-order valence-corrected chi connectivity index (χ0v) is 9.21. The molecular formula is C12H19NO. The lowest BCUT2D eigenvalue weighted by molar-refractivity contribution is 0.408. The molecule has 78 valence electrons. The highest BCUT2D eigenvalue weighted by Gasteiger charge is 2.06. The van der Waals surface area contributed by atoms with Crippen LogP contribution in [0.15, 0.2) is 18.2 Å². The molecule has 0 spiro atoms. The highest BCUT2D eigenvalue weighted by molar-refractivity contribution is 5.39. The molecule has 0 aliphatic rings. The summed E-state index contributed by atoms with van der Waals surface area (Å²) in [5, 5.41) is 0. The van der Waals surface area contributed by atoms with Gasteiger partial charge in [-0.3, -0.25) is 0 Å². The van der Waals surface area contributed by atoms with E-state index in [1.165, 1.54) is 11.1 Å². The van der Waals surface area contributed by atoms with Crippen molar-refractivity contribution in [3.8, 4) is 5.75 Å². The second-order valence-corrected chi connectivity index (χ2v) is 3.77. The lowest BCUT2D eigenvalue weighted by Crippen LogP contribution is -2.15. The van der Waals surface area contributed by atoms with Gasteiger partial charge in [-0.2, -0.15) is 0 Å². The molecule has 1 atom stereocenters. The van der Waals surface area contributed by atoms with Gasteiger partial charge in [-0.1, -0.05) is 12.1 Å². The molecule has 2 nitrogen and oxygen atoms in total. The maximum Gasteiger partial charge on any atom is 0.122 e. The van der Waals surface area contributed by atoms with Crippen LogP contribution in [0.4, 0.5) is 0 Å². The summed E-state index contributed by atoms with van der Waals surface area (Å²) in [7, 11) is 1.71. The number of rotatable bonds is 4. The molecule has 0 radical (unpaired) electrons. The molecule has 0 heterocycles. The number of hydrogen-bond donors (Lipinski definition) is 1. The van der Waals surface area contributed by atoms with E-state index >= 15 is 0 Å². The first-order chi connectivity index (χ1) is 6.65. The van der Waals surface area contributed by atoms with Gasteiger partial charge >= 0.3 is 0 Å². The fourth-order valence-electron chi connectivity index (χ4n) is 1.56. The van der Waals surface area contributed by atoms with Crippen molar-refractivity contribution < 1.29 is 4.74 Å². The Balaban J connectivity index is 2.82. The maximum absolute atomic E-state index is 5.74. The van der Waals surface area contributed by atoms with E-state index in [1.54, 1.807) is 7.11 Å². The molecule has 0 aromatic heterocycles. The van der Waals surface area contributed by atoms with Crippen molar-refractivity contribution in [3.63, 3.8) is 0 Å². The first-order valence-electron chi connectivity index (χ1n) is 5.03. The molecule has 1 aromatic carbocycles. The third kappa shape index (κ3) is 2.74. The minimum absolute atomic E-state index is 0.249. The van der Waals surface area contributed by atoms with E-state index in [1.807, 2.05) is 19.1 Å². The molecule has 14 heavy (non-hydrogen) atoms. The quantitative estimate of drug-likeness (QED) is 0.796. The first-order valence-corrected chi connectivity index (χ1v) is 5.03. The van der Waals surface area contributed by atoms with Gasteiger partial charge in [0.15, 0.2) is 0 Å². The van der Waals surface area contributed by atoms with Gasteiger partial charge in [0.25, 0.3) is 0 Å². The Kier molecular flexibility index (Phi) is 3.96. The van der Waals surface area contributed by atoms with Crippen LogP contribution in [-0.2, 0) is 6.42 Å². The Morgan fingerprint density at radius 3 is 2.71 bits per heavy atom. The Bertz CT molecular complexity index is 294. The molecule has 2 heteroatoms. The zero-order valence-electron chi connectivity index (χ0n) is 9.21. The van der Waals surface area contributed by atoms with Crippen molar-refractivity contribution in [1.82, 2.24) is 0 Å². The van der Waals surface area contributed by atoms with Crippen LogP contribution in [0, 0.1) is 6.92 Å². The Morgan fingerprint density at radius 1 is 1.43 bits per heavy atom. The van der Waals surface area contributed by atoms with Gasteiger partial charge < -0.3 is 10.5 Å². The summed E-state index contributed by atoms with van der Waals surface area (Å²) in [6, 6.07) is 6.38. The van der Waals surface area contributed by atoms with Gasteiger partial charge in [0, 0.05) is 6.04 Å². The molecular weight excluding hydrogens is 174 g/mol. The van der Waals surface area contributed by atoms with E-state index in [-0.39, 0.29) is 6.04 Å². The summed E-state index contributed by atoms with van der Waals surface area (Å²) >= 11 is 0. The van der Waals surface area contributed by atoms with Gasteiger partial charge in [-0.15, -0.1) is 0 Å². The van der Waals surface area contributed by atoms with Crippen LogP contribution in [0.2, 0.25) is 0 Å². The SMILES string of the molecule is COc1cccc(C)c1CC[C@H](C)N. The lowest BCUT2D eigenvalue weighted by atomic mass is 10.0. The fourth-order valence-corrected chi connectivity index (χ4v) is 1.56. The van der Waals surface area contributed by atoms with Crippen LogP contribution in [0.3, 0.4) is 0 Å². The first kappa shape index (κ1) is 11.1. The Morgan fingerprint density at radius 2 is 2.14 bits per heavy atom. The predicted octanol–water partition coefficient (Wildman–Crippen LogP) is 2.28. The normalized spacial score (nSPS) is 12.6. The van der Waals surface area contributed by atoms with Crippen LogP contribution in [0.25, 0.3) is 0 Å².